The normalized spacial score (nSPS) is 25.3. The van der Waals surface area contributed by atoms with E-state index in [4.69, 9.17) is 0 Å². The van der Waals surface area contributed by atoms with Gasteiger partial charge in [-0.3, -0.25) is 0 Å². The van der Waals surface area contributed by atoms with Crippen LogP contribution in [-0.2, 0) is 0 Å². The van der Waals surface area contributed by atoms with Crippen LogP contribution in [0.1, 0.15) is 145 Å². The zero-order valence-corrected chi connectivity index (χ0v) is 27.4. The third kappa shape index (κ3) is 12.4. The van der Waals surface area contributed by atoms with Gasteiger partial charge in [-0.15, -0.1) is 6.58 Å². The molecule has 0 radical (unpaired) electrons. The van der Waals surface area contributed by atoms with E-state index < -0.39 is 0 Å². The molecule has 2 unspecified atom stereocenters. The Morgan fingerprint density at radius 1 is 1.05 bits per heavy atom. The minimum atomic E-state index is 0.397. The minimum Gasteiger partial charge on any atom is -0.310 e. The van der Waals surface area contributed by atoms with Crippen molar-refractivity contribution in [3.63, 3.8) is 0 Å². The maximum absolute atomic E-state index is 3.88. The molecule has 0 aromatic heterocycles. The summed E-state index contributed by atoms with van der Waals surface area (Å²) in [5.41, 5.74) is 7.68. The van der Waals surface area contributed by atoms with Gasteiger partial charge < -0.3 is 5.32 Å². The van der Waals surface area contributed by atoms with Crippen molar-refractivity contribution in [3.8, 4) is 0 Å². The van der Waals surface area contributed by atoms with Crippen molar-refractivity contribution in [1.82, 2.24) is 5.32 Å². The number of hydrogen-bond acceptors (Lipinski definition) is 1. The summed E-state index contributed by atoms with van der Waals surface area (Å²) in [5, 5.41) is 3.65. The highest BCUT2D eigenvalue weighted by molar-refractivity contribution is 5.24. The Morgan fingerprint density at radius 2 is 1.74 bits per heavy atom. The average molecular weight is 536 g/mol. The number of allylic oxidation sites excluding steroid dienone is 7. The predicted octanol–water partition coefficient (Wildman–Crippen LogP) is 11.7. The lowest BCUT2D eigenvalue weighted by Gasteiger charge is -2.41. The van der Waals surface area contributed by atoms with Crippen LogP contribution in [0.5, 0.6) is 0 Å². The predicted molar refractivity (Wildman–Crippen MR) is 176 cm³/mol. The van der Waals surface area contributed by atoms with Crippen molar-refractivity contribution in [2.45, 2.75) is 151 Å². The second-order valence-electron chi connectivity index (χ2n) is 14.4. The lowest BCUT2D eigenvalue weighted by Crippen LogP contribution is -2.27. The first-order valence-corrected chi connectivity index (χ1v) is 16.5. The van der Waals surface area contributed by atoms with E-state index in [0.717, 1.165) is 31.7 Å². The van der Waals surface area contributed by atoms with E-state index in [1.165, 1.54) is 76.2 Å². The van der Waals surface area contributed by atoms with Crippen LogP contribution in [0, 0.1) is 22.7 Å². The number of rotatable bonds is 16. The Kier molecular flexibility index (Phi) is 14.6. The van der Waals surface area contributed by atoms with Crippen LogP contribution in [0.2, 0.25) is 0 Å². The zero-order chi connectivity index (χ0) is 28.9. The third-order valence-electron chi connectivity index (χ3n) is 10.1. The Labute approximate surface area is 244 Å². The molecule has 0 aromatic carbocycles. The molecule has 0 amide bonds. The number of nitrogens with one attached hydrogen (secondary N) is 1. The molecule has 1 saturated carbocycles. The van der Waals surface area contributed by atoms with Gasteiger partial charge in [0, 0.05) is 12.6 Å². The maximum Gasteiger partial charge on any atom is 0.0137 e. The van der Waals surface area contributed by atoms with E-state index in [2.05, 4.69) is 91.6 Å². The molecule has 2 rings (SSSR count). The van der Waals surface area contributed by atoms with E-state index in [9.17, 15) is 0 Å². The summed E-state index contributed by atoms with van der Waals surface area (Å²) in [6, 6.07) is 0.512. The van der Waals surface area contributed by atoms with Gasteiger partial charge in [-0.25, -0.2) is 0 Å². The standard InChI is InChI=1S/C38H65N/c1-10-30(3)20-21-32(5)27-33(6)39-26-16-12-13-17-31(4)28-34-22-24-38(9,25-23-34)29-35-18-14-15-19-36(35)37(7,8)11-2/h10,12,16-17,21,30,33-34,39H,1,11,13-15,18-20,22-29H2,2-9H3. The first kappa shape index (κ1) is 33.9. The van der Waals surface area contributed by atoms with Crippen LogP contribution < -0.4 is 5.32 Å². The minimum absolute atomic E-state index is 0.397. The van der Waals surface area contributed by atoms with Gasteiger partial charge in [0.1, 0.15) is 0 Å². The molecular weight excluding hydrogens is 470 g/mol. The van der Waals surface area contributed by atoms with Crippen LogP contribution in [0.4, 0.5) is 0 Å². The van der Waals surface area contributed by atoms with Crippen molar-refractivity contribution in [2.75, 3.05) is 6.54 Å². The van der Waals surface area contributed by atoms with Gasteiger partial charge in [-0.2, -0.15) is 0 Å². The molecule has 0 bridgehead atoms. The quantitative estimate of drug-likeness (QED) is 0.194. The summed E-state index contributed by atoms with van der Waals surface area (Å²) in [6.07, 6.45) is 30.0. The van der Waals surface area contributed by atoms with Crippen molar-refractivity contribution < 1.29 is 0 Å². The summed E-state index contributed by atoms with van der Waals surface area (Å²) in [6.45, 7) is 23.9. The van der Waals surface area contributed by atoms with Gasteiger partial charge in [0.2, 0.25) is 0 Å². The topological polar surface area (TPSA) is 12.0 Å². The fraction of sp³-hybridized carbons (Fsp3) is 0.737. The summed E-state index contributed by atoms with van der Waals surface area (Å²) < 4.78 is 0. The second kappa shape index (κ2) is 16.8. The molecule has 0 aliphatic heterocycles. The van der Waals surface area contributed by atoms with E-state index in [0.29, 0.717) is 22.8 Å². The van der Waals surface area contributed by atoms with Crippen LogP contribution in [0.25, 0.3) is 0 Å². The molecule has 2 aliphatic rings. The molecule has 1 heteroatoms. The highest BCUT2D eigenvalue weighted by Gasteiger charge is 2.34. The van der Waals surface area contributed by atoms with E-state index in [-0.39, 0.29) is 0 Å². The van der Waals surface area contributed by atoms with E-state index >= 15 is 0 Å². The van der Waals surface area contributed by atoms with Gasteiger partial charge in [0.15, 0.2) is 0 Å². The first-order valence-electron chi connectivity index (χ1n) is 16.5. The molecule has 39 heavy (non-hydrogen) atoms. The highest BCUT2D eigenvalue weighted by Crippen LogP contribution is 2.49. The smallest absolute Gasteiger partial charge is 0.0137 e. The number of hydrogen-bond donors (Lipinski definition) is 1. The zero-order valence-electron chi connectivity index (χ0n) is 27.4. The van der Waals surface area contributed by atoms with E-state index in [1.807, 2.05) is 17.2 Å². The van der Waals surface area contributed by atoms with Crippen LogP contribution >= 0.6 is 0 Å². The van der Waals surface area contributed by atoms with Crippen molar-refractivity contribution in [1.29, 1.82) is 0 Å². The molecule has 0 spiro atoms. The molecule has 1 fully saturated rings. The Morgan fingerprint density at radius 3 is 2.41 bits per heavy atom. The molecule has 2 aliphatic carbocycles. The monoisotopic (exact) mass is 536 g/mol. The van der Waals surface area contributed by atoms with Crippen molar-refractivity contribution in [2.24, 2.45) is 22.7 Å². The summed E-state index contributed by atoms with van der Waals surface area (Å²) in [5.74, 6) is 1.45. The first-order chi connectivity index (χ1) is 18.5. The van der Waals surface area contributed by atoms with E-state index in [1.54, 1.807) is 5.57 Å². The summed E-state index contributed by atoms with van der Waals surface area (Å²) in [7, 11) is 0. The Bertz CT molecular complexity index is 855. The van der Waals surface area contributed by atoms with Gasteiger partial charge in [0.05, 0.1) is 0 Å². The molecule has 2 atom stereocenters. The fourth-order valence-corrected chi connectivity index (χ4v) is 6.84. The maximum atomic E-state index is 3.88. The fourth-order valence-electron chi connectivity index (χ4n) is 6.84. The summed E-state index contributed by atoms with van der Waals surface area (Å²) >= 11 is 0. The average Bonchev–Trinajstić information content (AvgIpc) is 2.90. The molecule has 0 saturated heterocycles. The molecule has 1 N–H and O–H groups in total. The molecule has 0 heterocycles. The lowest BCUT2D eigenvalue weighted by molar-refractivity contribution is 0.165. The van der Waals surface area contributed by atoms with Crippen molar-refractivity contribution in [3.05, 3.63) is 59.3 Å². The van der Waals surface area contributed by atoms with Crippen LogP contribution in [0.15, 0.2) is 59.3 Å². The SMILES string of the molecule is C=CC(C)CC=C(C)CC(C)NCC=CCC=C(C)CC1CCC(C)(CC2=C(C(C)(C)CC)CCCC2)CC1. The third-order valence-corrected chi connectivity index (χ3v) is 10.1. The summed E-state index contributed by atoms with van der Waals surface area (Å²) in [4.78, 5) is 0. The molecule has 0 aromatic rings. The van der Waals surface area contributed by atoms with Crippen LogP contribution in [0.3, 0.4) is 0 Å². The molecule has 222 valence electrons. The largest absolute Gasteiger partial charge is 0.310 e. The highest BCUT2D eigenvalue weighted by atomic mass is 14.9. The van der Waals surface area contributed by atoms with Gasteiger partial charge >= 0.3 is 0 Å². The van der Waals surface area contributed by atoms with Gasteiger partial charge in [-0.1, -0.05) is 87.3 Å². The molecular formula is C38H65N. The van der Waals surface area contributed by atoms with Gasteiger partial charge in [0.25, 0.3) is 0 Å². The lowest BCUT2D eigenvalue weighted by atomic mass is 9.64. The molecule has 1 nitrogen and oxygen atoms in total. The van der Waals surface area contributed by atoms with Gasteiger partial charge in [-0.05, 0) is 133 Å². The van der Waals surface area contributed by atoms with Crippen molar-refractivity contribution >= 4 is 0 Å². The second-order valence-corrected chi connectivity index (χ2v) is 14.4. The Balaban J connectivity index is 1.71. The Hall–Kier alpha value is -1.34. The van der Waals surface area contributed by atoms with Crippen LogP contribution in [-0.4, -0.2) is 12.6 Å².